The summed E-state index contributed by atoms with van der Waals surface area (Å²) in [6.07, 6.45) is 11.1. The summed E-state index contributed by atoms with van der Waals surface area (Å²) < 4.78 is 0. The van der Waals surface area contributed by atoms with Crippen LogP contribution in [-0.4, -0.2) is 0 Å². The van der Waals surface area contributed by atoms with Crippen molar-refractivity contribution in [2.45, 2.75) is 39.5 Å². The Bertz CT molecular complexity index is 390. The van der Waals surface area contributed by atoms with Gasteiger partial charge in [-0.2, -0.15) is 5.26 Å². The second kappa shape index (κ2) is 27.1. The van der Waals surface area contributed by atoms with Crippen molar-refractivity contribution in [3.63, 3.8) is 0 Å². The maximum atomic E-state index is 8.04. The van der Waals surface area contributed by atoms with Crippen LogP contribution in [0.4, 0.5) is 0 Å². The van der Waals surface area contributed by atoms with Gasteiger partial charge in [-0.15, -0.1) is 6.58 Å². The molecular formula is C21H31N. The van der Waals surface area contributed by atoms with Gasteiger partial charge in [-0.3, -0.25) is 0 Å². The third-order valence-electron chi connectivity index (χ3n) is 2.09. The summed E-state index contributed by atoms with van der Waals surface area (Å²) in [5, 5.41) is 8.04. The highest BCUT2D eigenvalue weighted by Crippen LogP contribution is 1.97. The molecule has 22 heavy (non-hydrogen) atoms. The van der Waals surface area contributed by atoms with Gasteiger partial charge in [-0.05, 0) is 18.9 Å². The first-order valence-electron chi connectivity index (χ1n) is 7.53. The van der Waals surface area contributed by atoms with Crippen molar-refractivity contribution in [3.05, 3.63) is 80.4 Å². The zero-order valence-corrected chi connectivity index (χ0v) is 14.3. The number of rotatable bonds is 5. The average Bonchev–Trinajstić information content (AvgIpc) is 2.57. The highest BCUT2D eigenvalue weighted by Gasteiger charge is 1.79. The first-order valence-corrected chi connectivity index (χ1v) is 7.53. The molecule has 0 saturated heterocycles. The van der Waals surface area contributed by atoms with Gasteiger partial charge in [0.1, 0.15) is 0 Å². The number of unbranched alkanes of at least 4 members (excludes halogenated alkanes) is 3. The Morgan fingerprint density at radius 2 is 1.50 bits per heavy atom. The monoisotopic (exact) mass is 297 g/mol. The van der Waals surface area contributed by atoms with Crippen LogP contribution in [-0.2, 0) is 0 Å². The van der Waals surface area contributed by atoms with E-state index in [1.807, 2.05) is 43.3 Å². The molecule has 1 aromatic rings. The second-order valence-electron chi connectivity index (χ2n) is 4.11. The molecule has 0 aliphatic carbocycles. The quantitative estimate of drug-likeness (QED) is 0.327. The van der Waals surface area contributed by atoms with E-state index in [1.165, 1.54) is 18.4 Å². The zero-order valence-electron chi connectivity index (χ0n) is 14.3. The molecule has 0 saturated carbocycles. The van der Waals surface area contributed by atoms with Crippen LogP contribution in [0.15, 0.2) is 74.9 Å². The Labute approximate surface area is 138 Å². The van der Waals surface area contributed by atoms with Gasteiger partial charge in [0.15, 0.2) is 0 Å². The molecular weight excluding hydrogens is 266 g/mol. The molecule has 1 heteroatoms. The molecule has 0 N–H and O–H groups in total. The number of benzene rings is 1. The number of hydrogen-bond donors (Lipinski definition) is 0. The molecule has 1 aromatic carbocycles. The van der Waals surface area contributed by atoms with Gasteiger partial charge < -0.3 is 0 Å². The summed E-state index contributed by atoms with van der Waals surface area (Å²) >= 11 is 0. The van der Waals surface area contributed by atoms with Crippen molar-refractivity contribution in [2.24, 2.45) is 0 Å². The van der Waals surface area contributed by atoms with Crippen molar-refractivity contribution in [1.29, 1.82) is 5.26 Å². The summed E-state index contributed by atoms with van der Waals surface area (Å²) in [7, 11) is 0. The molecule has 0 radical (unpaired) electrons. The topological polar surface area (TPSA) is 23.8 Å². The predicted octanol–water partition coefficient (Wildman–Crippen LogP) is 6.97. The lowest BCUT2D eigenvalue weighted by molar-refractivity contribution is 0.734. The van der Waals surface area contributed by atoms with E-state index in [4.69, 9.17) is 5.26 Å². The summed E-state index contributed by atoms with van der Waals surface area (Å²) in [5.74, 6) is 0. The molecule has 0 atom stereocenters. The summed E-state index contributed by atoms with van der Waals surface area (Å²) in [5.41, 5.74) is 1.17. The summed E-state index contributed by atoms with van der Waals surface area (Å²) in [6.45, 7) is 17.7. The van der Waals surface area contributed by atoms with Crippen LogP contribution in [0.25, 0.3) is 6.08 Å². The van der Waals surface area contributed by atoms with E-state index in [2.05, 4.69) is 39.3 Å². The molecule has 0 bridgehead atoms. The van der Waals surface area contributed by atoms with E-state index < -0.39 is 0 Å². The van der Waals surface area contributed by atoms with E-state index in [0.717, 1.165) is 12.8 Å². The number of nitriles is 1. The lowest BCUT2D eigenvalue weighted by Gasteiger charge is -1.85. The number of nitrogens with zero attached hydrogens (tertiary/aromatic N) is 1. The Kier molecular flexibility index (Phi) is 30.4. The normalized spacial score (nSPS) is 7.14. The van der Waals surface area contributed by atoms with Crippen LogP contribution in [0, 0.1) is 11.3 Å². The van der Waals surface area contributed by atoms with Gasteiger partial charge in [-0.25, -0.2) is 0 Å². The van der Waals surface area contributed by atoms with Crippen molar-refractivity contribution < 1.29 is 0 Å². The largest absolute Gasteiger partial charge is 0.198 e. The first kappa shape index (κ1) is 24.7. The summed E-state index contributed by atoms with van der Waals surface area (Å²) in [6, 6.07) is 12.1. The van der Waals surface area contributed by atoms with Crippen LogP contribution in [0.3, 0.4) is 0 Å². The van der Waals surface area contributed by atoms with Crippen LogP contribution in [0.1, 0.15) is 45.1 Å². The molecule has 0 spiro atoms. The molecule has 0 unspecified atom stereocenters. The highest BCUT2D eigenvalue weighted by molar-refractivity contribution is 5.45. The molecule has 0 aliphatic heterocycles. The maximum Gasteiger partial charge on any atom is 0.0621 e. The van der Waals surface area contributed by atoms with E-state index in [-0.39, 0.29) is 0 Å². The van der Waals surface area contributed by atoms with Crippen LogP contribution in [0.5, 0.6) is 0 Å². The SMILES string of the molecule is C=CC.C=CC=C.C=Cc1ccccc1.CCCCCC#N. The molecule has 0 aliphatic rings. The molecule has 0 heterocycles. The van der Waals surface area contributed by atoms with Crippen molar-refractivity contribution in [1.82, 2.24) is 0 Å². The van der Waals surface area contributed by atoms with Gasteiger partial charge in [0.05, 0.1) is 6.07 Å². The molecule has 0 fully saturated rings. The first-order chi connectivity index (χ1) is 10.7. The van der Waals surface area contributed by atoms with E-state index >= 15 is 0 Å². The maximum absolute atomic E-state index is 8.04. The van der Waals surface area contributed by atoms with E-state index in [1.54, 1.807) is 18.2 Å². The van der Waals surface area contributed by atoms with E-state index in [9.17, 15) is 0 Å². The lowest BCUT2D eigenvalue weighted by atomic mass is 10.2. The standard InChI is InChI=1S/C8H8.C6H11N.C4H6.C3H6/c1-2-8-6-4-3-5-7-8;1-2-3-4-5-6-7;1-3-4-2;1-3-2/h2-7H,1H2;2-5H2,1H3;3-4H,1-2H2;3H,1H2,2H3. The third-order valence-corrected chi connectivity index (χ3v) is 2.09. The Morgan fingerprint density at radius 1 is 1.00 bits per heavy atom. The van der Waals surface area contributed by atoms with Crippen LogP contribution < -0.4 is 0 Å². The summed E-state index contributed by atoms with van der Waals surface area (Å²) in [4.78, 5) is 0. The predicted molar refractivity (Wildman–Crippen MR) is 103 cm³/mol. The van der Waals surface area contributed by atoms with E-state index in [0.29, 0.717) is 0 Å². The Hall–Kier alpha value is -2.33. The third kappa shape index (κ3) is 30.6. The molecule has 1 rings (SSSR count). The second-order valence-corrected chi connectivity index (χ2v) is 4.11. The molecule has 120 valence electrons. The number of hydrogen-bond acceptors (Lipinski definition) is 1. The minimum Gasteiger partial charge on any atom is -0.198 e. The van der Waals surface area contributed by atoms with Crippen molar-refractivity contribution in [3.8, 4) is 6.07 Å². The van der Waals surface area contributed by atoms with Gasteiger partial charge in [0.25, 0.3) is 0 Å². The fourth-order valence-corrected chi connectivity index (χ4v) is 1.04. The molecule has 1 nitrogen and oxygen atoms in total. The minimum atomic E-state index is 0.730. The Balaban J connectivity index is -0.000000236. The van der Waals surface area contributed by atoms with Crippen LogP contribution in [0.2, 0.25) is 0 Å². The average molecular weight is 297 g/mol. The van der Waals surface area contributed by atoms with Crippen LogP contribution >= 0.6 is 0 Å². The fourth-order valence-electron chi connectivity index (χ4n) is 1.04. The van der Waals surface area contributed by atoms with Crippen molar-refractivity contribution >= 4 is 6.08 Å². The fraction of sp³-hybridized carbons (Fsp3) is 0.286. The van der Waals surface area contributed by atoms with Gasteiger partial charge >= 0.3 is 0 Å². The van der Waals surface area contributed by atoms with Crippen molar-refractivity contribution in [2.75, 3.05) is 0 Å². The number of allylic oxidation sites excluding steroid dienone is 3. The highest BCUT2D eigenvalue weighted by atomic mass is 14.2. The van der Waals surface area contributed by atoms with Gasteiger partial charge in [-0.1, -0.05) is 94.1 Å². The van der Waals surface area contributed by atoms with Gasteiger partial charge in [0.2, 0.25) is 0 Å². The van der Waals surface area contributed by atoms with Gasteiger partial charge in [0, 0.05) is 6.42 Å². The lowest BCUT2D eigenvalue weighted by Crippen LogP contribution is -1.68. The smallest absolute Gasteiger partial charge is 0.0621 e. The molecule has 0 aromatic heterocycles. The zero-order chi connectivity index (χ0) is 17.5. The molecule has 0 amide bonds. The minimum absolute atomic E-state index is 0.730. The Morgan fingerprint density at radius 3 is 1.77 bits per heavy atom.